The first kappa shape index (κ1) is 26.2. The second-order valence-corrected chi connectivity index (χ2v) is 11.6. The molecule has 0 radical (unpaired) electrons. The van der Waals surface area contributed by atoms with Crippen LogP contribution in [0.15, 0.2) is 30.3 Å². The summed E-state index contributed by atoms with van der Waals surface area (Å²) in [4.78, 5) is 38.1. The lowest BCUT2D eigenvalue weighted by Gasteiger charge is -2.34. The molecular weight excluding hydrogens is 430 g/mol. The molecule has 178 valence electrons. The maximum Gasteiger partial charge on any atom is 0.411 e. The standard InChI is InChI=1S/C24H35NO6S/c1-23(2,3)31-22(30)25-19(12-11-17(26)14-18(27)15-21(28)29)24(4,5)32-20(25)13-16-9-7-6-8-10-16/h6-10,18-20,27H,11-15H2,1-5H3,(H,28,29)/t18?,19-,20?/m0/s1. The van der Waals surface area contributed by atoms with Crippen LogP contribution in [0.1, 0.15) is 65.9 Å². The van der Waals surface area contributed by atoms with E-state index in [4.69, 9.17) is 9.84 Å². The quantitative estimate of drug-likeness (QED) is 0.561. The van der Waals surface area contributed by atoms with Gasteiger partial charge in [0.25, 0.3) is 0 Å². The number of ketones is 1. The Bertz CT molecular complexity index is 804. The molecule has 1 aromatic carbocycles. The molecule has 1 saturated heterocycles. The number of nitrogens with zero attached hydrogens (tertiary/aromatic N) is 1. The lowest BCUT2D eigenvalue weighted by Crippen LogP contribution is -2.48. The summed E-state index contributed by atoms with van der Waals surface area (Å²) in [5.74, 6) is -1.35. The Kier molecular flexibility index (Phi) is 8.76. The predicted molar refractivity (Wildman–Crippen MR) is 125 cm³/mol. The number of thioether (sulfide) groups is 1. The highest BCUT2D eigenvalue weighted by Crippen LogP contribution is 2.47. The summed E-state index contributed by atoms with van der Waals surface area (Å²) in [6.45, 7) is 9.61. The number of carbonyl (C=O) groups is 3. The van der Waals surface area contributed by atoms with Crippen molar-refractivity contribution in [3.05, 3.63) is 35.9 Å². The zero-order valence-electron chi connectivity index (χ0n) is 19.5. The second-order valence-electron chi connectivity index (χ2n) is 9.80. The number of hydrogen-bond acceptors (Lipinski definition) is 6. The summed E-state index contributed by atoms with van der Waals surface area (Å²) in [6, 6.07) is 9.71. The van der Waals surface area contributed by atoms with Crippen molar-refractivity contribution in [1.29, 1.82) is 0 Å². The highest BCUT2D eigenvalue weighted by molar-refractivity contribution is 8.01. The third-order valence-electron chi connectivity index (χ3n) is 5.32. The molecule has 0 aromatic heterocycles. The van der Waals surface area contributed by atoms with E-state index in [2.05, 4.69) is 13.8 Å². The summed E-state index contributed by atoms with van der Waals surface area (Å²) in [6.07, 6.45) is -1.02. The average molecular weight is 466 g/mol. The van der Waals surface area contributed by atoms with Gasteiger partial charge in [-0.1, -0.05) is 30.3 Å². The van der Waals surface area contributed by atoms with E-state index in [0.29, 0.717) is 12.8 Å². The highest BCUT2D eigenvalue weighted by atomic mass is 32.2. The molecule has 1 aromatic rings. The summed E-state index contributed by atoms with van der Waals surface area (Å²) in [5.41, 5.74) is 0.468. The van der Waals surface area contributed by atoms with Crippen LogP contribution in [-0.2, 0) is 20.7 Å². The maximum absolute atomic E-state index is 13.2. The molecule has 1 aliphatic heterocycles. The van der Waals surface area contributed by atoms with Crippen LogP contribution in [-0.4, -0.2) is 60.8 Å². The largest absolute Gasteiger partial charge is 0.481 e. The minimum Gasteiger partial charge on any atom is -0.481 e. The van der Waals surface area contributed by atoms with Gasteiger partial charge in [0.05, 0.1) is 23.9 Å². The topological polar surface area (TPSA) is 104 Å². The lowest BCUT2D eigenvalue weighted by molar-refractivity contribution is -0.139. The first-order valence-corrected chi connectivity index (χ1v) is 11.8. The molecule has 8 heteroatoms. The van der Waals surface area contributed by atoms with Gasteiger partial charge in [0, 0.05) is 24.0 Å². The average Bonchev–Trinajstić information content (AvgIpc) is 2.88. The maximum atomic E-state index is 13.2. The van der Waals surface area contributed by atoms with Crippen molar-refractivity contribution in [2.75, 3.05) is 0 Å². The molecule has 0 saturated carbocycles. The lowest BCUT2D eigenvalue weighted by atomic mass is 9.94. The number of benzene rings is 1. The van der Waals surface area contributed by atoms with Gasteiger partial charge in [0.15, 0.2) is 0 Å². The van der Waals surface area contributed by atoms with Gasteiger partial charge in [-0.2, -0.15) is 0 Å². The fourth-order valence-corrected chi connectivity index (χ4v) is 5.67. The molecule has 1 heterocycles. The number of aliphatic carboxylic acids is 1. The first-order chi connectivity index (χ1) is 14.8. The Hall–Kier alpha value is -2.06. The number of aliphatic hydroxyl groups is 1. The summed E-state index contributed by atoms with van der Waals surface area (Å²) in [7, 11) is 0. The van der Waals surface area contributed by atoms with Crippen LogP contribution < -0.4 is 0 Å². The number of carboxylic acid groups (broad SMARTS) is 1. The van der Waals surface area contributed by atoms with Gasteiger partial charge in [-0.3, -0.25) is 14.5 Å². The minimum absolute atomic E-state index is 0.139. The fraction of sp³-hybridized carbons (Fsp3) is 0.625. The number of aliphatic hydroxyl groups excluding tert-OH is 1. The number of carboxylic acids is 1. The number of amides is 1. The molecule has 1 fully saturated rings. The van der Waals surface area contributed by atoms with E-state index < -0.39 is 30.2 Å². The highest BCUT2D eigenvalue weighted by Gasteiger charge is 2.50. The number of Topliss-reactive ketones (excluding diaryl/α,β-unsaturated/α-hetero) is 1. The molecule has 3 atom stereocenters. The minimum atomic E-state index is -1.20. The van der Waals surface area contributed by atoms with Crippen LogP contribution >= 0.6 is 11.8 Å². The van der Waals surface area contributed by atoms with Gasteiger partial charge in [-0.25, -0.2) is 4.79 Å². The molecule has 2 rings (SSSR count). The van der Waals surface area contributed by atoms with Gasteiger partial charge < -0.3 is 14.9 Å². The van der Waals surface area contributed by atoms with Crippen molar-refractivity contribution < 1.29 is 29.3 Å². The zero-order chi connectivity index (χ0) is 24.1. The molecule has 1 aliphatic rings. The Morgan fingerprint density at radius 3 is 2.34 bits per heavy atom. The Balaban J connectivity index is 2.18. The van der Waals surface area contributed by atoms with Crippen molar-refractivity contribution in [2.24, 2.45) is 0 Å². The van der Waals surface area contributed by atoms with Crippen LogP contribution in [0.5, 0.6) is 0 Å². The van der Waals surface area contributed by atoms with Gasteiger partial charge >= 0.3 is 12.1 Å². The summed E-state index contributed by atoms with van der Waals surface area (Å²) < 4.78 is 5.40. The van der Waals surface area contributed by atoms with Crippen molar-refractivity contribution in [1.82, 2.24) is 4.90 Å². The van der Waals surface area contributed by atoms with Crippen LogP contribution in [0.3, 0.4) is 0 Å². The smallest absolute Gasteiger partial charge is 0.411 e. The molecule has 32 heavy (non-hydrogen) atoms. The van der Waals surface area contributed by atoms with Gasteiger partial charge in [0.2, 0.25) is 0 Å². The molecule has 7 nitrogen and oxygen atoms in total. The third-order valence-corrected chi connectivity index (χ3v) is 6.86. The Morgan fingerprint density at radius 1 is 1.16 bits per heavy atom. The molecule has 0 spiro atoms. The Labute approximate surface area is 194 Å². The van der Waals surface area contributed by atoms with E-state index in [9.17, 15) is 19.5 Å². The molecule has 2 unspecified atom stereocenters. The summed E-state index contributed by atoms with van der Waals surface area (Å²) in [5, 5.41) is 18.4. The van der Waals surface area contributed by atoms with Crippen molar-refractivity contribution in [3.8, 4) is 0 Å². The van der Waals surface area contributed by atoms with Gasteiger partial charge in [-0.05, 0) is 46.6 Å². The second kappa shape index (κ2) is 10.7. The molecular formula is C24H35NO6S. The van der Waals surface area contributed by atoms with E-state index in [1.54, 1.807) is 16.7 Å². The number of carbonyl (C=O) groups excluding carboxylic acids is 2. The summed E-state index contributed by atoms with van der Waals surface area (Å²) >= 11 is 1.69. The fourth-order valence-electron chi connectivity index (χ4n) is 3.96. The SMILES string of the molecule is CC(C)(C)OC(=O)N1C(Cc2ccccc2)SC(C)(C)[C@@H]1CCC(=O)CC(O)CC(=O)O. The van der Waals surface area contributed by atoms with Crippen LogP contribution in [0.2, 0.25) is 0 Å². The number of ether oxygens (including phenoxy) is 1. The number of hydrogen-bond donors (Lipinski definition) is 2. The number of rotatable bonds is 9. The van der Waals surface area contributed by atoms with Crippen molar-refractivity contribution in [3.63, 3.8) is 0 Å². The van der Waals surface area contributed by atoms with Crippen LogP contribution in [0.25, 0.3) is 0 Å². The van der Waals surface area contributed by atoms with E-state index in [0.717, 1.165) is 5.56 Å². The van der Waals surface area contributed by atoms with E-state index in [1.807, 2.05) is 51.1 Å². The van der Waals surface area contributed by atoms with E-state index in [-0.39, 0.29) is 34.8 Å². The third kappa shape index (κ3) is 7.81. The van der Waals surface area contributed by atoms with E-state index >= 15 is 0 Å². The van der Waals surface area contributed by atoms with Gasteiger partial charge in [-0.15, -0.1) is 11.8 Å². The van der Waals surface area contributed by atoms with Crippen LogP contribution in [0, 0.1) is 0 Å². The predicted octanol–water partition coefficient (Wildman–Crippen LogP) is 4.26. The monoisotopic (exact) mass is 465 g/mol. The van der Waals surface area contributed by atoms with Crippen LogP contribution in [0.4, 0.5) is 4.79 Å². The zero-order valence-corrected chi connectivity index (χ0v) is 20.4. The molecule has 1 amide bonds. The molecule has 0 bridgehead atoms. The normalized spacial score (nSPS) is 21.2. The van der Waals surface area contributed by atoms with E-state index in [1.165, 1.54) is 0 Å². The molecule has 2 N–H and O–H groups in total. The molecule has 0 aliphatic carbocycles. The van der Waals surface area contributed by atoms with Gasteiger partial charge in [0.1, 0.15) is 11.4 Å². The van der Waals surface area contributed by atoms with Crippen molar-refractivity contribution >= 4 is 29.6 Å². The first-order valence-electron chi connectivity index (χ1n) is 10.9. The van der Waals surface area contributed by atoms with Crippen molar-refractivity contribution in [2.45, 2.75) is 94.6 Å². The Morgan fingerprint density at radius 2 is 1.78 bits per heavy atom.